The van der Waals surface area contributed by atoms with E-state index in [0.29, 0.717) is 19.0 Å². The van der Waals surface area contributed by atoms with Gasteiger partial charge in [-0.3, -0.25) is 4.98 Å². The van der Waals surface area contributed by atoms with Gasteiger partial charge in [-0.05, 0) is 48.6 Å². The van der Waals surface area contributed by atoms with Gasteiger partial charge in [0.1, 0.15) is 5.82 Å². The molecule has 6 heteroatoms. The third kappa shape index (κ3) is 2.97. The number of carboxylic acid groups (broad SMARTS) is 1. The number of hydrogen-bond acceptors (Lipinski definition) is 4. The monoisotopic (exact) mass is 310 g/mol. The van der Waals surface area contributed by atoms with Crippen LogP contribution in [0.3, 0.4) is 0 Å². The normalized spacial score (nSPS) is 16.8. The molecule has 3 heterocycles. The molecule has 0 radical (unpaired) electrons. The summed E-state index contributed by atoms with van der Waals surface area (Å²) in [5.74, 6) is 1.35. The lowest BCUT2D eigenvalue weighted by molar-refractivity contribution is 0.140. The maximum atomic E-state index is 11.1. The highest BCUT2D eigenvalue weighted by Crippen LogP contribution is 2.39. The first kappa shape index (κ1) is 14.0. The first-order valence-electron chi connectivity index (χ1n) is 7.88. The summed E-state index contributed by atoms with van der Waals surface area (Å²) in [5, 5.41) is 12.4. The summed E-state index contributed by atoms with van der Waals surface area (Å²) in [6.07, 6.45) is 5.96. The zero-order valence-electron chi connectivity index (χ0n) is 12.7. The predicted molar refractivity (Wildman–Crippen MR) is 85.9 cm³/mol. The Kier molecular flexibility index (Phi) is 3.37. The number of amides is 1. The number of hydrogen-bond donors (Lipinski definition) is 2. The molecule has 0 unspecified atom stereocenters. The molecule has 2 aromatic heterocycles. The van der Waals surface area contributed by atoms with Crippen molar-refractivity contribution in [2.24, 2.45) is 0 Å². The molecule has 1 aliphatic heterocycles. The third-order valence-electron chi connectivity index (χ3n) is 4.41. The van der Waals surface area contributed by atoms with Crippen LogP contribution in [0.2, 0.25) is 0 Å². The molecule has 4 rings (SSSR count). The first-order valence-corrected chi connectivity index (χ1v) is 7.88. The largest absolute Gasteiger partial charge is 0.465 e. The van der Waals surface area contributed by atoms with Crippen molar-refractivity contribution in [3.05, 3.63) is 47.4 Å². The molecule has 0 saturated heterocycles. The van der Waals surface area contributed by atoms with Crippen LogP contribution in [-0.2, 0) is 13.0 Å². The number of anilines is 2. The van der Waals surface area contributed by atoms with Gasteiger partial charge < -0.3 is 15.3 Å². The van der Waals surface area contributed by atoms with E-state index < -0.39 is 6.09 Å². The number of fused-ring (bicyclic) bond motifs is 1. The minimum absolute atomic E-state index is 0.422. The van der Waals surface area contributed by atoms with E-state index in [4.69, 9.17) is 5.11 Å². The zero-order valence-corrected chi connectivity index (χ0v) is 12.7. The van der Waals surface area contributed by atoms with Crippen LogP contribution in [0.4, 0.5) is 16.3 Å². The summed E-state index contributed by atoms with van der Waals surface area (Å²) in [6, 6.07) is 5.95. The van der Waals surface area contributed by atoms with Crippen LogP contribution >= 0.6 is 0 Å². The molecule has 1 fully saturated rings. The quantitative estimate of drug-likeness (QED) is 0.910. The van der Waals surface area contributed by atoms with E-state index in [2.05, 4.69) is 21.4 Å². The van der Waals surface area contributed by atoms with Crippen LogP contribution in [0, 0.1) is 0 Å². The fraction of sp³-hybridized carbons (Fsp3) is 0.353. The average Bonchev–Trinajstić information content (AvgIpc) is 3.39. The summed E-state index contributed by atoms with van der Waals surface area (Å²) in [6.45, 7) is 0.956. The van der Waals surface area contributed by atoms with E-state index in [-0.39, 0.29) is 0 Å². The van der Waals surface area contributed by atoms with Gasteiger partial charge in [-0.2, -0.15) is 0 Å². The Morgan fingerprint density at radius 2 is 2.13 bits per heavy atom. The van der Waals surface area contributed by atoms with Crippen molar-refractivity contribution in [3.8, 4) is 0 Å². The van der Waals surface area contributed by atoms with Crippen molar-refractivity contribution in [3.63, 3.8) is 0 Å². The minimum Gasteiger partial charge on any atom is -0.465 e. The number of pyridine rings is 2. The van der Waals surface area contributed by atoms with Gasteiger partial charge in [-0.25, -0.2) is 9.78 Å². The smallest absolute Gasteiger partial charge is 0.407 e. The van der Waals surface area contributed by atoms with Gasteiger partial charge in [0.15, 0.2) is 0 Å². The molecule has 1 aliphatic carbocycles. The van der Waals surface area contributed by atoms with Gasteiger partial charge in [0.2, 0.25) is 0 Å². The second kappa shape index (κ2) is 5.53. The molecule has 1 amide bonds. The molecular weight excluding hydrogens is 292 g/mol. The molecule has 2 N–H and O–H groups in total. The molecule has 0 atom stereocenters. The third-order valence-corrected chi connectivity index (χ3v) is 4.41. The van der Waals surface area contributed by atoms with Gasteiger partial charge >= 0.3 is 6.09 Å². The maximum Gasteiger partial charge on any atom is 0.407 e. The van der Waals surface area contributed by atoms with Crippen LogP contribution in [-0.4, -0.2) is 32.6 Å². The van der Waals surface area contributed by atoms with Crippen LogP contribution in [0.1, 0.15) is 35.6 Å². The Labute approximate surface area is 134 Å². The van der Waals surface area contributed by atoms with Gasteiger partial charge in [0, 0.05) is 42.8 Å². The Morgan fingerprint density at radius 1 is 1.26 bits per heavy atom. The van der Waals surface area contributed by atoms with Crippen molar-refractivity contribution < 1.29 is 9.90 Å². The Hall–Kier alpha value is -2.63. The van der Waals surface area contributed by atoms with Gasteiger partial charge in [-0.1, -0.05) is 0 Å². The van der Waals surface area contributed by atoms with E-state index in [1.54, 1.807) is 0 Å². The summed E-state index contributed by atoms with van der Waals surface area (Å²) >= 11 is 0. The predicted octanol–water partition coefficient (Wildman–Crippen LogP) is 3.13. The standard InChI is InChI=1S/C17H18N4O2/c22-17(23)21-6-4-12-9-19-16(7-13(12)10-21)20-14-3-5-18-15(8-14)11-1-2-11/h3,5,7-9,11H,1-2,4,6,10H2,(H,22,23)(H,18,19,20). The SMILES string of the molecule is O=C(O)N1CCc2cnc(Nc3ccnc(C4CC4)c3)cc2C1. The highest BCUT2D eigenvalue weighted by molar-refractivity contribution is 5.66. The van der Waals surface area contributed by atoms with Crippen molar-refractivity contribution in [1.29, 1.82) is 0 Å². The van der Waals surface area contributed by atoms with Gasteiger partial charge in [0.05, 0.1) is 0 Å². The molecular formula is C17H18N4O2. The minimum atomic E-state index is -0.870. The van der Waals surface area contributed by atoms with E-state index in [1.165, 1.54) is 17.7 Å². The molecule has 6 nitrogen and oxygen atoms in total. The van der Waals surface area contributed by atoms with Gasteiger partial charge in [-0.15, -0.1) is 0 Å². The fourth-order valence-electron chi connectivity index (χ4n) is 2.95. The lowest BCUT2D eigenvalue weighted by Gasteiger charge is -2.26. The Balaban J connectivity index is 1.55. The Morgan fingerprint density at radius 3 is 2.91 bits per heavy atom. The second-order valence-corrected chi connectivity index (χ2v) is 6.16. The number of nitrogens with zero attached hydrogens (tertiary/aromatic N) is 3. The molecule has 0 spiro atoms. The van der Waals surface area contributed by atoms with Crippen LogP contribution in [0.25, 0.3) is 0 Å². The van der Waals surface area contributed by atoms with E-state index in [0.717, 1.165) is 34.7 Å². The molecule has 0 bridgehead atoms. The van der Waals surface area contributed by atoms with Crippen LogP contribution in [0.15, 0.2) is 30.6 Å². The zero-order chi connectivity index (χ0) is 15.8. The summed E-state index contributed by atoms with van der Waals surface area (Å²) in [5.41, 5.74) is 4.25. The van der Waals surface area contributed by atoms with E-state index in [1.807, 2.05) is 24.5 Å². The molecule has 118 valence electrons. The summed E-state index contributed by atoms with van der Waals surface area (Å²) < 4.78 is 0. The van der Waals surface area contributed by atoms with Crippen molar-refractivity contribution >= 4 is 17.6 Å². The lowest BCUT2D eigenvalue weighted by atomic mass is 10.0. The summed E-state index contributed by atoms with van der Waals surface area (Å²) in [7, 11) is 0. The molecule has 2 aliphatic rings. The fourth-order valence-corrected chi connectivity index (χ4v) is 2.95. The molecule has 2 aromatic rings. The van der Waals surface area contributed by atoms with Gasteiger partial charge in [0.25, 0.3) is 0 Å². The Bertz CT molecular complexity index is 758. The topological polar surface area (TPSA) is 78.3 Å². The highest BCUT2D eigenvalue weighted by Gasteiger charge is 2.25. The number of rotatable bonds is 3. The average molecular weight is 310 g/mol. The van der Waals surface area contributed by atoms with Crippen LogP contribution < -0.4 is 5.32 Å². The van der Waals surface area contributed by atoms with E-state index in [9.17, 15) is 4.79 Å². The van der Waals surface area contributed by atoms with E-state index >= 15 is 0 Å². The van der Waals surface area contributed by atoms with Crippen molar-refractivity contribution in [2.45, 2.75) is 31.7 Å². The number of nitrogens with one attached hydrogen (secondary N) is 1. The highest BCUT2D eigenvalue weighted by atomic mass is 16.4. The lowest BCUT2D eigenvalue weighted by Crippen LogP contribution is -2.34. The second-order valence-electron chi connectivity index (χ2n) is 6.16. The van der Waals surface area contributed by atoms with Crippen molar-refractivity contribution in [1.82, 2.24) is 14.9 Å². The maximum absolute atomic E-state index is 11.1. The molecule has 0 aromatic carbocycles. The molecule has 23 heavy (non-hydrogen) atoms. The number of aromatic nitrogens is 2. The van der Waals surface area contributed by atoms with Crippen molar-refractivity contribution in [2.75, 3.05) is 11.9 Å². The molecule has 1 saturated carbocycles. The first-order chi connectivity index (χ1) is 11.2. The summed E-state index contributed by atoms with van der Waals surface area (Å²) in [4.78, 5) is 21.4. The number of carbonyl (C=O) groups is 1. The van der Waals surface area contributed by atoms with Crippen LogP contribution in [0.5, 0.6) is 0 Å².